The van der Waals surface area contributed by atoms with Crippen LogP contribution in [0.4, 0.5) is 16.5 Å². The fourth-order valence-corrected chi connectivity index (χ4v) is 4.59. The van der Waals surface area contributed by atoms with E-state index >= 15 is 0 Å². The Kier molecular flexibility index (Phi) is 5.26. The van der Waals surface area contributed by atoms with Gasteiger partial charge in [0.1, 0.15) is 5.75 Å². The Morgan fingerprint density at radius 3 is 3.04 bits per heavy atom. The van der Waals surface area contributed by atoms with Gasteiger partial charge in [-0.05, 0) is 30.2 Å². The normalized spacial score (nSPS) is 12.7. The number of aromatic nitrogens is 2. The van der Waals surface area contributed by atoms with Crippen LogP contribution in [0.1, 0.15) is 5.56 Å². The molecule has 0 bridgehead atoms. The molecule has 0 radical (unpaired) electrons. The monoisotopic (exact) mass is 398 g/mol. The second-order valence-electron chi connectivity index (χ2n) is 5.94. The number of amides is 1. The van der Waals surface area contributed by atoms with Crippen molar-refractivity contribution in [3.63, 3.8) is 0 Å². The van der Waals surface area contributed by atoms with Crippen molar-refractivity contribution in [1.29, 1.82) is 0 Å². The fraction of sp³-hybridized carbons (Fsp3) is 0.211. The molecule has 0 saturated heterocycles. The lowest BCUT2D eigenvalue weighted by molar-refractivity contribution is -0.116. The van der Waals surface area contributed by atoms with Crippen LogP contribution in [0.2, 0.25) is 0 Å². The summed E-state index contributed by atoms with van der Waals surface area (Å²) in [4.78, 5) is 14.4. The first-order valence-corrected chi connectivity index (χ1v) is 10.3. The molecule has 0 spiro atoms. The predicted molar refractivity (Wildman–Crippen MR) is 109 cm³/mol. The van der Waals surface area contributed by atoms with E-state index in [1.165, 1.54) is 28.7 Å². The molecular formula is C19H18N4O2S2. The third kappa shape index (κ3) is 4.06. The Labute approximate surface area is 165 Å². The van der Waals surface area contributed by atoms with Crippen molar-refractivity contribution >= 4 is 45.5 Å². The highest BCUT2D eigenvalue weighted by Gasteiger charge is 2.24. The standard InChI is InChI=1S/C19H18N4O2S2/c1-25-15-7-4-6-14(11-15)20-18-21-22-19(27-18)26-12-17(24)23-10-9-13-5-2-3-8-16(13)23/h2-8,11H,9-10,12H2,1H3,(H,20,21). The minimum atomic E-state index is 0.0995. The number of nitrogens with zero attached hydrogens (tertiary/aromatic N) is 3. The maximum Gasteiger partial charge on any atom is 0.237 e. The first-order chi connectivity index (χ1) is 13.2. The number of anilines is 3. The van der Waals surface area contributed by atoms with Gasteiger partial charge in [-0.2, -0.15) is 0 Å². The lowest BCUT2D eigenvalue weighted by atomic mass is 10.2. The molecule has 1 aromatic heterocycles. The van der Waals surface area contributed by atoms with Crippen molar-refractivity contribution < 1.29 is 9.53 Å². The number of fused-ring (bicyclic) bond motifs is 1. The van der Waals surface area contributed by atoms with Crippen LogP contribution in [0.15, 0.2) is 52.9 Å². The van der Waals surface area contributed by atoms with Crippen LogP contribution >= 0.6 is 23.1 Å². The van der Waals surface area contributed by atoms with E-state index in [0.717, 1.165) is 34.4 Å². The number of thioether (sulfide) groups is 1. The summed E-state index contributed by atoms with van der Waals surface area (Å²) in [7, 11) is 1.63. The SMILES string of the molecule is COc1cccc(Nc2nnc(SCC(=O)N3CCc4ccccc43)s2)c1. The van der Waals surface area contributed by atoms with Crippen LogP contribution in [0.5, 0.6) is 5.75 Å². The predicted octanol–water partition coefficient (Wildman–Crippen LogP) is 3.97. The van der Waals surface area contributed by atoms with Crippen molar-refractivity contribution in [3.05, 3.63) is 54.1 Å². The Hall–Kier alpha value is -2.58. The lowest BCUT2D eigenvalue weighted by Gasteiger charge is -2.16. The number of nitrogens with one attached hydrogen (secondary N) is 1. The molecule has 1 aliphatic heterocycles. The second kappa shape index (κ2) is 7.98. The average Bonchev–Trinajstić information content (AvgIpc) is 3.33. The van der Waals surface area contributed by atoms with Crippen LogP contribution in [0, 0.1) is 0 Å². The zero-order chi connectivity index (χ0) is 18.6. The fourth-order valence-electron chi connectivity index (χ4n) is 2.94. The minimum Gasteiger partial charge on any atom is -0.497 e. The maximum absolute atomic E-state index is 12.6. The highest BCUT2D eigenvalue weighted by molar-refractivity contribution is 8.01. The third-order valence-corrected chi connectivity index (χ3v) is 6.19. The average molecular weight is 399 g/mol. The van der Waals surface area contributed by atoms with E-state index in [0.29, 0.717) is 10.9 Å². The van der Waals surface area contributed by atoms with Gasteiger partial charge in [0.2, 0.25) is 11.0 Å². The van der Waals surface area contributed by atoms with Gasteiger partial charge in [0.05, 0.1) is 12.9 Å². The summed E-state index contributed by atoms with van der Waals surface area (Å²) >= 11 is 2.85. The number of carbonyl (C=O) groups is 1. The zero-order valence-corrected chi connectivity index (χ0v) is 16.3. The van der Waals surface area contributed by atoms with E-state index < -0.39 is 0 Å². The highest BCUT2D eigenvalue weighted by Crippen LogP contribution is 2.31. The molecule has 0 unspecified atom stereocenters. The summed E-state index contributed by atoms with van der Waals surface area (Å²) in [6, 6.07) is 15.7. The number of rotatable bonds is 6. The largest absolute Gasteiger partial charge is 0.497 e. The second-order valence-corrected chi connectivity index (χ2v) is 8.14. The number of methoxy groups -OCH3 is 1. The first-order valence-electron chi connectivity index (χ1n) is 8.48. The summed E-state index contributed by atoms with van der Waals surface area (Å²) in [5.74, 6) is 1.22. The molecule has 8 heteroatoms. The van der Waals surface area contributed by atoms with E-state index in [1.54, 1.807) is 7.11 Å². The van der Waals surface area contributed by atoms with E-state index in [1.807, 2.05) is 47.4 Å². The molecular weight excluding hydrogens is 380 g/mol. The summed E-state index contributed by atoms with van der Waals surface area (Å²) < 4.78 is 5.98. The molecule has 0 saturated carbocycles. The summed E-state index contributed by atoms with van der Waals surface area (Å²) in [6.07, 6.45) is 0.917. The van der Waals surface area contributed by atoms with E-state index in [2.05, 4.69) is 21.6 Å². The minimum absolute atomic E-state index is 0.0995. The molecule has 2 aromatic carbocycles. The van der Waals surface area contributed by atoms with Crippen LogP contribution in [0.3, 0.4) is 0 Å². The van der Waals surface area contributed by atoms with Gasteiger partial charge in [-0.15, -0.1) is 10.2 Å². The molecule has 138 valence electrons. The third-order valence-electron chi connectivity index (χ3n) is 4.23. The summed E-state index contributed by atoms with van der Waals surface area (Å²) in [5, 5.41) is 12.2. The van der Waals surface area contributed by atoms with Gasteiger partial charge in [-0.3, -0.25) is 4.79 Å². The van der Waals surface area contributed by atoms with Crippen LogP contribution in [0.25, 0.3) is 0 Å². The van der Waals surface area contributed by atoms with Gasteiger partial charge >= 0.3 is 0 Å². The lowest BCUT2D eigenvalue weighted by Crippen LogP contribution is -2.30. The van der Waals surface area contributed by atoms with Gasteiger partial charge in [0.15, 0.2) is 4.34 Å². The van der Waals surface area contributed by atoms with Crippen molar-refractivity contribution in [2.75, 3.05) is 29.6 Å². The molecule has 0 fully saturated rings. The number of ether oxygens (including phenoxy) is 1. The van der Waals surface area contributed by atoms with Crippen LogP contribution < -0.4 is 15.0 Å². The number of benzene rings is 2. The topological polar surface area (TPSA) is 67.3 Å². The molecule has 1 N–H and O–H groups in total. The maximum atomic E-state index is 12.6. The molecule has 2 heterocycles. The molecule has 1 aliphatic rings. The van der Waals surface area contributed by atoms with E-state index in [4.69, 9.17) is 4.74 Å². The van der Waals surface area contributed by atoms with Gasteiger partial charge in [0, 0.05) is 24.0 Å². The Morgan fingerprint density at radius 2 is 2.15 bits per heavy atom. The molecule has 6 nitrogen and oxygen atoms in total. The molecule has 0 atom stereocenters. The van der Waals surface area contributed by atoms with Crippen molar-refractivity contribution in [2.45, 2.75) is 10.8 Å². The number of carbonyl (C=O) groups excluding carboxylic acids is 1. The van der Waals surface area contributed by atoms with Crippen LogP contribution in [-0.2, 0) is 11.2 Å². The van der Waals surface area contributed by atoms with Crippen molar-refractivity contribution in [1.82, 2.24) is 10.2 Å². The molecule has 0 aliphatic carbocycles. The van der Waals surface area contributed by atoms with E-state index in [-0.39, 0.29) is 5.91 Å². The summed E-state index contributed by atoms with van der Waals surface area (Å²) in [5.41, 5.74) is 3.14. The summed E-state index contributed by atoms with van der Waals surface area (Å²) in [6.45, 7) is 0.748. The number of para-hydroxylation sites is 1. The van der Waals surface area contributed by atoms with Gasteiger partial charge in [-0.1, -0.05) is 47.4 Å². The first kappa shape index (κ1) is 17.8. The molecule has 1 amide bonds. The Balaban J connectivity index is 1.35. The quantitative estimate of drug-likeness (QED) is 0.634. The molecule has 4 rings (SSSR count). The number of hydrogen-bond acceptors (Lipinski definition) is 7. The Bertz CT molecular complexity index is 960. The van der Waals surface area contributed by atoms with Gasteiger partial charge in [-0.25, -0.2) is 0 Å². The number of hydrogen-bond donors (Lipinski definition) is 1. The molecule has 3 aromatic rings. The smallest absolute Gasteiger partial charge is 0.237 e. The van der Waals surface area contributed by atoms with E-state index in [9.17, 15) is 4.79 Å². The van der Waals surface area contributed by atoms with Crippen molar-refractivity contribution in [3.8, 4) is 5.75 Å². The van der Waals surface area contributed by atoms with Crippen LogP contribution in [-0.4, -0.2) is 35.5 Å². The van der Waals surface area contributed by atoms with Gasteiger partial charge in [0.25, 0.3) is 0 Å². The Morgan fingerprint density at radius 1 is 1.26 bits per heavy atom. The van der Waals surface area contributed by atoms with Crippen molar-refractivity contribution in [2.24, 2.45) is 0 Å². The molecule has 27 heavy (non-hydrogen) atoms. The highest BCUT2D eigenvalue weighted by atomic mass is 32.2. The van der Waals surface area contributed by atoms with Gasteiger partial charge < -0.3 is 15.0 Å². The zero-order valence-electron chi connectivity index (χ0n) is 14.7.